The van der Waals surface area contributed by atoms with Gasteiger partial charge in [0, 0.05) is 6.42 Å². The van der Waals surface area contributed by atoms with Crippen LogP contribution >= 0.6 is 0 Å². The van der Waals surface area contributed by atoms with E-state index in [-0.39, 0.29) is 11.9 Å². The van der Waals surface area contributed by atoms with Crippen molar-refractivity contribution in [3.05, 3.63) is 0 Å². The molecular weight excluding hydrogens is 384 g/mol. The van der Waals surface area contributed by atoms with Gasteiger partial charge in [0.1, 0.15) is 0 Å². The second kappa shape index (κ2) is 21.0. The van der Waals surface area contributed by atoms with Crippen LogP contribution in [-0.4, -0.2) is 11.9 Å². The zero-order valence-corrected chi connectivity index (χ0v) is 21.6. The Bertz CT molecular complexity index is 414. The van der Waals surface area contributed by atoms with Gasteiger partial charge in [0.15, 0.2) is 0 Å². The summed E-state index contributed by atoms with van der Waals surface area (Å²) in [7, 11) is 0. The van der Waals surface area contributed by atoms with Gasteiger partial charge in [0.2, 0.25) is 0 Å². The Morgan fingerprint density at radius 1 is 0.516 bits per heavy atom. The second-order valence-corrected chi connectivity index (χ2v) is 9.64. The molecule has 3 heteroatoms. The van der Waals surface area contributed by atoms with Crippen molar-refractivity contribution in [2.45, 2.75) is 163 Å². The number of carbonyl (C=O) groups excluding carboxylic acids is 2. The van der Waals surface area contributed by atoms with E-state index < -0.39 is 5.41 Å². The molecule has 184 valence electrons. The van der Waals surface area contributed by atoms with Crippen molar-refractivity contribution < 1.29 is 14.3 Å². The molecule has 0 aromatic heterocycles. The van der Waals surface area contributed by atoms with E-state index >= 15 is 0 Å². The Hall–Kier alpha value is -0.860. The van der Waals surface area contributed by atoms with Crippen molar-refractivity contribution in [2.75, 3.05) is 0 Å². The molecule has 0 spiro atoms. The fourth-order valence-electron chi connectivity index (χ4n) is 4.47. The zero-order chi connectivity index (χ0) is 23.2. The number of carbonyl (C=O) groups is 2. The van der Waals surface area contributed by atoms with Gasteiger partial charge in [0.05, 0.1) is 5.41 Å². The van der Waals surface area contributed by atoms with E-state index in [1.165, 1.54) is 64.2 Å². The third-order valence-electron chi connectivity index (χ3n) is 6.65. The van der Waals surface area contributed by atoms with Crippen molar-refractivity contribution in [3.63, 3.8) is 0 Å². The lowest BCUT2D eigenvalue weighted by Gasteiger charge is -2.31. The summed E-state index contributed by atoms with van der Waals surface area (Å²) in [6, 6.07) is 0. The largest absolute Gasteiger partial charge is 0.393 e. The quantitative estimate of drug-likeness (QED) is 0.0960. The SMILES string of the molecule is CCCCCCCCC(CCCC)(CCCCCCCC)C(=O)OC(=O)CCCCC. The molecule has 0 saturated heterocycles. The van der Waals surface area contributed by atoms with Gasteiger partial charge >= 0.3 is 11.9 Å². The Kier molecular flexibility index (Phi) is 20.4. The molecule has 0 bridgehead atoms. The molecule has 0 saturated carbocycles. The lowest BCUT2D eigenvalue weighted by atomic mass is 9.74. The first-order valence-electron chi connectivity index (χ1n) is 13.8. The van der Waals surface area contributed by atoms with E-state index in [9.17, 15) is 9.59 Å². The van der Waals surface area contributed by atoms with Crippen LogP contribution in [0.4, 0.5) is 0 Å². The smallest absolute Gasteiger partial charge is 0.319 e. The highest BCUT2D eigenvalue weighted by molar-refractivity contribution is 5.88. The Balaban J connectivity index is 4.99. The maximum Gasteiger partial charge on any atom is 0.319 e. The third-order valence-corrected chi connectivity index (χ3v) is 6.65. The molecule has 0 N–H and O–H groups in total. The normalized spacial score (nSPS) is 11.6. The Morgan fingerprint density at radius 2 is 0.903 bits per heavy atom. The highest BCUT2D eigenvalue weighted by Crippen LogP contribution is 2.39. The number of hydrogen-bond donors (Lipinski definition) is 0. The maximum absolute atomic E-state index is 13.3. The molecule has 0 radical (unpaired) electrons. The van der Waals surface area contributed by atoms with Crippen LogP contribution in [-0.2, 0) is 14.3 Å². The summed E-state index contributed by atoms with van der Waals surface area (Å²) < 4.78 is 5.47. The van der Waals surface area contributed by atoms with Crippen molar-refractivity contribution in [1.82, 2.24) is 0 Å². The van der Waals surface area contributed by atoms with E-state index in [1.54, 1.807) is 0 Å². The van der Waals surface area contributed by atoms with Crippen molar-refractivity contribution in [1.29, 1.82) is 0 Å². The molecule has 0 aromatic carbocycles. The lowest BCUT2D eigenvalue weighted by molar-refractivity contribution is -0.169. The number of esters is 2. The molecule has 0 rings (SSSR count). The summed E-state index contributed by atoms with van der Waals surface area (Å²) >= 11 is 0. The molecule has 0 aliphatic carbocycles. The minimum atomic E-state index is -0.452. The topological polar surface area (TPSA) is 43.4 Å². The molecule has 31 heavy (non-hydrogen) atoms. The summed E-state index contributed by atoms with van der Waals surface area (Å²) in [4.78, 5) is 25.6. The minimum Gasteiger partial charge on any atom is -0.393 e. The first-order chi connectivity index (χ1) is 15.1. The van der Waals surface area contributed by atoms with Gasteiger partial charge < -0.3 is 4.74 Å². The van der Waals surface area contributed by atoms with Crippen LogP contribution in [0.3, 0.4) is 0 Å². The minimum absolute atomic E-state index is 0.218. The van der Waals surface area contributed by atoms with Crippen LogP contribution in [0.2, 0.25) is 0 Å². The summed E-state index contributed by atoms with van der Waals surface area (Å²) in [6.45, 7) is 8.78. The molecule has 0 fully saturated rings. The Labute approximate surface area is 194 Å². The van der Waals surface area contributed by atoms with Crippen LogP contribution in [0.25, 0.3) is 0 Å². The predicted octanol–water partition coefficient (Wildman–Crippen LogP) is 9.31. The van der Waals surface area contributed by atoms with Crippen LogP contribution < -0.4 is 0 Å². The number of hydrogen-bond acceptors (Lipinski definition) is 3. The Morgan fingerprint density at radius 3 is 1.39 bits per heavy atom. The molecule has 0 unspecified atom stereocenters. The highest BCUT2D eigenvalue weighted by Gasteiger charge is 2.39. The second-order valence-electron chi connectivity index (χ2n) is 9.64. The summed E-state index contributed by atoms with van der Waals surface area (Å²) in [5, 5.41) is 0. The predicted molar refractivity (Wildman–Crippen MR) is 133 cm³/mol. The summed E-state index contributed by atoms with van der Waals surface area (Å²) in [6.07, 6.45) is 22.7. The summed E-state index contributed by atoms with van der Waals surface area (Å²) in [5.41, 5.74) is -0.452. The molecule has 0 aliphatic heterocycles. The van der Waals surface area contributed by atoms with Crippen molar-refractivity contribution >= 4 is 11.9 Å². The van der Waals surface area contributed by atoms with Gasteiger partial charge in [-0.05, 0) is 25.7 Å². The zero-order valence-electron chi connectivity index (χ0n) is 21.6. The van der Waals surface area contributed by atoms with Crippen molar-refractivity contribution in [2.24, 2.45) is 5.41 Å². The van der Waals surface area contributed by atoms with Crippen LogP contribution in [0.15, 0.2) is 0 Å². The van der Waals surface area contributed by atoms with Gasteiger partial charge in [-0.2, -0.15) is 0 Å². The molecule has 0 heterocycles. The third kappa shape index (κ3) is 15.6. The fourth-order valence-corrected chi connectivity index (χ4v) is 4.47. The molecule has 0 aliphatic rings. The van der Waals surface area contributed by atoms with Gasteiger partial charge in [-0.25, -0.2) is 0 Å². The molecule has 0 atom stereocenters. The summed E-state index contributed by atoms with van der Waals surface area (Å²) in [5.74, 6) is -0.533. The van der Waals surface area contributed by atoms with E-state index in [0.717, 1.165) is 64.2 Å². The van der Waals surface area contributed by atoms with E-state index in [4.69, 9.17) is 4.74 Å². The monoisotopic (exact) mass is 438 g/mol. The van der Waals surface area contributed by atoms with Gasteiger partial charge in [0.25, 0.3) is 0 Å². The average Bonchev–Trinajstić information content (AvgIpc) is 2.76. The van der Waals surface area contributed by atoms with Crippen LogP contribution in [0, 0.1) is 5.41 Å². The molecule has 0 aromatic rings. The molecule has 0 amide bonds. The lowest BCUT2D eigenvalue weighted by Crippen LogP contribution is -2.35. The molecular formula is C28H54O3. The van der Waals surface area contributed by atoms with E-state index in [2.05, 4.69) is 27.7 Å². The fraction of sp³-hybridized carbons (Fsp3) is 0.929. The van der Waals surface area contributed by atoms with Gasteiger partial charge in [-0.15, -0.1) is 0 Å². The van der Waals surface area contributed by atoms with Crippen LogP contribution in [0.1, 0.15) is 163 Å². The number of rotatable bonds is 22. The molecule has 3 nitrogen and oxygen atoms in total. The number of unbranched alkanes of at least 4 members (excludes halogenated alkanes) is 13. The van der Waals surface area contributed by atoms with E-state index in [1.807, 2.05) is 0 Å². The van der Waals surface area contributed by atoms with Crippen molar-refractivity contribution in [3.8, 4) is 0 Å². The van der Waals surface area contributed by atoms with Gasteiger partial charge in [-0.3, -0.25) is 9.59 Å². The standard InChI is InChI=1S/C28H54O3/c1-5-9-13-15-17-20-24-28(23-12-8-4,25-21-18-16-14-10-6-2)27(30)31-26(29)22-19-11-7-3/h5-25H2,1-4H3. The highest BCUT2D eigenvalue weighted by atomic mass is 16.6. The first kappa shape index (κ1) is 30.1. The number of ether oxygens (including phenoxy) is 1. The first-order valence-corrected chi connectivity index (χ1v) is 13.8. The average molecular weight is 439 g/mol. The van der Waals surface area contributed by atoms with Gasteiger partial charge in [-0.1, -0.05) is 130 Å². The maximum atomic E-state index is 13.3. The van der Waals surface area contributed by atoms with Crippen LogP contribution in [0.5, 0.6) is 0 Å². The van der Waals surface area contributed by atoms with E-state index in [0.29, 0.717) is 6.42 Å².